The Kier molecular flexibility index (Phi) is 21.8. The number of aryl methyl sites for hydroxylation is 1. The summed E-state index contributed by atoms with van der Waals surface area (Å²) in [4.78, 5) is 11.6. The largest absolute Gasteiger partial charge is 0.744 e. The monoisotopic (exact) mass is 682 g/mol. The summed E-state index contributed by atoms with van der Waals surface area (Å²) in [7, 11) is -4.27. The van der Waals surface area contributed by atoms with Gasteiger partial charge in [0.15, 0.2) is 12.7 Å². The van der Waals surface area contributed by atoms with Crippen LogP contribution in [0.15, 0.2) is 46.2 Å². The van der Waals surface area contributed by atoms with E-state index in [1.807, 2.05) is 28.6 Å². The van der Waals surface area contributed by atoms with Crippen molar-refractivity contribution in [1.82, 2.24) is 5.32 Å². The van der Waals surface area contributed by atoms with Gasteiger partial charge in [0.2, 0.25) is 5.51 Å². The first-order valence-corrected chi connectivity index (χ1v) is 19.7. The van der Waals surface area contributed by atoms with Crippen molar-refractivity contribution in [2.75, 3.05) is 33.0 Å². The quantitative estimate of drug-likeness (QED) is 0.0730. The second-order valence-corrected chi connectivity index (χ2v) is 14.4. The summed E-state index contributed by atoms with van der Waals surface area (Å²) in [6, 6.07) is 5.78. The molecule has 2 aromatic rings. The molecule has 0 aliphatic carbocycles. The van der Waals surface area contributed by atoms with Gasteiger partial charge in [-0.2, -0.15) is 4.57 Å². The first-order chi connectivity index (χ1) is 22.3. The molecule has 1 aromatic heterocycles. The fraction of sp³-hybridized carbons (Fsp3) is 0.714. The molecule has 262 valence electrons. The maximum atomic E-state index is 11.8. The van der Waals surface area contributed by atoms with Crippen molar-refractivity contribution in [3.63, 3.8) is 0 Å². The van der Waals surface area contributed by atoms with Crippen LogP contribution in [-0.2, 0) is 30.9 Å². The van der Waals surface area contributed by atoms with E-state index in [-0.39, 0.29) is 17.1 Å². The summed E-state index contributed by atoms with van der Waals surface area (Å²) in [6.45, 7) is 8.01. The summed E-state index contributed by atoms with van der Waals surface area (Å²) in [6.07, 6.45) is 21.8. The molecule has 2 heterocycles. The topological polar surface area (TPSA) is 118 Å². The Balaban J connectivity index is 0.000000562. The number of aromatic nitrogens is 1. The Morgan fingerprint density at radius 2 is 1.57 bits per heavy atom. The molecular weight excluding hydrogens is 625 g/mol. The third-order valence-corrected chi connectivity index (χ3v) is 9.56. The molecule has 2 atom stereocenters. The zero-order valence-electron chi connectivity index (χ0n) is 28.2. The van der Waals surface area contributed by atoms with Crippen LogP contribution in [0.3, 0.4) is 0 Å². The van der Waals surface area contributed by atoms with Crippen molar-refractivity contribution in [3.05, 3.63) is 46.9 Å². The number of nitrogens with one attached hydrogen (secondary N) is 1. The molecule has 11 heteroatoms. The van der Waals surface area contributed by atoms with Gasteiger partial charge in [0.25, 0.3) is 0 Å². The fourth-order valence-corrected chi connectivity index (χ4v) is 6.36. The van der Waals surface area contributed by atoms with Gasteiger partial charge in [-0.25, -0.2) is 13.2 Å². The second kappa shape index (κ2) is 25.0. The van der Waals surface area contributed by atoms with E-state index in [4.69, 9.17) is 14.2 Å². The standard InChI is InChI=1S/C28H50N2O4S.C7H8O3S/c1-2-3-4-5-6-7-8-9-10-11-12-13-14-15-19-32-22-26-21-27(33-23-26)24-34-28(31)29-16-17-30-18-20-35-25-30;1-6-2-4-7(5-3-6)11(8,9)10/h18,20,25-27H,2-17,19,21-24H2,1H3;2-5H,1H3,(H,8,9,10)/t26-,27-;/m1./s1. The highest BCUT2D eigenvalue weighted by molar-refractivity contribution is 7.85. The smallest absolute Gasteiger partial charge is 0.407 e. The number of hydrogen-bond donors (Lipinski definition) is 1. The molecule has 9 nitrogen and oxygen atoms in total. The lowest BCUT2D eigenvalue weighted by atomic mass is 10.0. The highest BCUT2D eigenvalue weighted by Gasteiger charge is 2.26. The van der Waals surface area contributed by atoms with Crippen LogP contribution in [0, 0.1) is 12.8 Å². The van der Waals surface area contributed by atoms with Crippen molar-refractivity contribution in [2.24, 2.45) is 5.92 Å². The summed E-state index contributed by atoms with van der Waals surface area (Å²) in [5.74, 6) is 0.410. The minimum Gasteiger partial charge on any atom is -0.744 e. The Labute approximate surface area is 282 Å². The highest BCUT2D eigenvalue weighted by Crippen LogP contribution is 2.20. The van der Waals surface area contributed by atoms with Crippen molar-refractivity contribution in [3.8, 4) is 0 Å². The molecule has 0 saturated carbocycles. The average Bonchev–Trinajstić information content (AvgIpc) is 3.72. The van der Waals surface area contributed by atoms with E-state index in [0.717, 1.165) is 38.2 Å². The number of rotatable bonds is 23. The number of carbonyl (C=O) groups is 1. The number of thiazole rings is 1. The Bertz CT molecular complexity index is 1130. The van der Waals surface area contributed by atoms with Crippen LogP contribution in [0.5, 0.6) is 0 Å². The third-order valence-electron chi connectivity index (χ3n) is 8.04. The molecule has 1 N–H and O–H groups in total. The van der Waals surface area contributed by atoms with Crippen LogP contribution in [-0.4, -0.2) is 58.1 Å². The summed E-state index contributed by atoms with van der Waals surface area (Å²) in [5.41, 5.74) is 2.94. The molecule has 1 fully saturated rings. The Morgan fingerprint density at radius 3 is 2.13 bits per heavy atom. The highest BCUT2D eigenvalue weighted by atomic mass is 32.2. The molecule has 0 unspecified atom stereocenters. The van der Waals surface area contributed by atoms with Crippen molar-refractivity contribution in [1.29, 1.82) is 0 Å². The van der Waals surface area contributed by atoms with Crippen LogP contribution in [0.1, 0.15) is 109 Å². The fourth-order valence-electron chi connectivity index (χ4n) is 5.26. The van der Waals surface area contributed by atoms with Crippen molar-refractivity contribution < 1.29 is 36.5 Å². The van der Waals surface area contributed by atoms with Crippen LogP contribution in [0.2, 0.25) is 0 Å². The van der Waals surface area contributed by atoms with E-state index in [9.17, 15) is 17.8 Å². The first-order valence-electron chi connectivity index (χ1n) is 17.3. The van der Waals surface area contributed by atoms with Gasteiger partial charge in [-0.05, 0) is 31.9 Å². The van der Waals surface area contributed by atoms with Gasteiger partial charge in [-0.1, -0.05) is 119 Å². The number of unbranched alkanes of at least 4 members (excludes halogenated alkanes) is 13. The maximum absolute atomic E-state index is 11.8. The van der Waals surface area contributed by atoms with Crippen LogP contribution >= 0.6 is 11.3 Å². The van der Waals surface area contributed by atoms with Crippen molar-refractivity contribution in [2.45, 2.75) is 128 Å². The Morgan fingerprint density at radius 1 is 0.957 bits per heavy atom. The molecule has 0 bridgehead atoms. The lowest BCUT2D eigenvalue weighted by molar-refractivity contribution is -0.690. The summed E-state index contributed by atoms with van der Waals surface area (Å²) in [5, 5.41) is 4.79. The minimum absolute atomic E-state index is 0.0124. The van der Waals surface area contributed by atoms with Crippen LogP contribution in [0.25, 0.3) is 0 Å². The van der Waals surface area contributed by atoms with Gasteiger partial charge < -0.3 is 24.1 Å². The van der Waals surface area contributed by atoms with Gasteiger partial charge in [0, 0.05) is 12.5 Å². The van der Waals surface area contributed by atoms with E-state index in [1.165, 1.54) is 95.6 Å². The number of carbonyl (C=O) groups excluding carboxylic acids is 1. The number of benzene rings is 1. The van der Waals surface area contributed by atoms with Gasteiger partial charge in [-0.15, -0.1) is 0 Å². The molecule has 46 heavy (non-hydrogen) atoms. The molecule has 0 radical (unpaired) electrons. The van der Waals surface area contributed by atoms with Gasteiger partial charge in [0.05, 0.1) is 36.1 Å². The lowest BCUT2D eigenvalue weighted by Crippen LogP contribution is -2.39. The van der Waals surface area contributed by atoms with E-state index in [1.54, 1.807) is 23.5 Å². The van der Waals surface area contributed by atoms with Gasteiger partial charge >= 0.3 is 6.09 Å². The number of alkyl carbamates (subject to hydrolysis) is 1. The normalized spacial score (nSPS) is 16.2. The number of ether oxygens (including phenoxy) is 3. The summed E-state index contributed by atoms with van der Waals surface area (Å²) < 4.78 is 50.2. The number of hydrogen-bond acceptors (Lipinski definition) is 8. The third kappa shape index (κ3) is 20.2. The molecule has 1 aliphatic heterocycles. The molecule has 3 rings (SSSR count). The van der Waals surface area contributed by atoms with Gasteiger partial charge in [-0.3, -0.25) is 0 Å². The predicted molar refractivity (Wildman–Crippen MR) is 182 cm³/mol. The van der Waals surface area contributed by atoms with E-state index >= 15 is 0 Å². The molecule has 1 aromatic carbocycles. The minimum atomic E-state index is -4.27. The maximum Gasteiger partial charge on any atom is 0.407 e. The van der Waals surface area contributed by atoms with E-state index in [2.05, 4.69) is 12.2 Å². The molecule has 0 spiro atoms. The van der Waals surface area contributed by atoms with E-state index in [0.29, 0.717) is 25.7 Å². The van der Waals surface area contributed by atoms with Gasteiger partial charge in [0.1, 0.15) is 16.7 Å². The molecule has 1 amide bonds. The summed E-state index contributed by atoms with van der Waals surface area (Å²) >= 11 is 1.63. The molecule has 1 aliphatic rings. The predicted octanol–water partition coefficient (Wildman–Crippen LogP) is 7.56. The van der Waals surface area contributed by atoms with Crippen molar-refractivity contribution >= 4 is 27.5 Å². The zero-order valence-corrected chi connectivity index (χ0v) is 29.8. The Hall–Kier alpha value is -2.05. The average molecular weight is 683 g/mol. The number of amides is 1. The van der Waals surface area contributed by atoms with Crippen LogP contribution in [0.4, 0.5) is 4.79 Å². The number of nitrogens with zero attached hydrogens (tertiary/aromatic N) is 1. The first kappa shape index (κ1) is 40.1. The lowest BCUT2D eigenvalue weighted by Gasteiger charge is -2.11. The SMILES string of the molecule is CCCCCCCCCCCCCCCCOC[C@@H]1CO[C@@H](COC(=O)NCC[n+]2ccsc2)C1.Cc1ccc(S(=O)(=O)[O-])cc1. The van der Waals surface area contributed by atoms with Crippen LogP contribution < -0.4 is 9.88 Å². The zero-order chi connectivity index (χ0) is 33.3. The molecular formula is C35H58N2O7S2. The molecule has 1 saturated heterocycles. The van der Waals surface area contributed by atoms with E-state index < -0.39 is 10.1 Å². The second-order valence-electron chi connectivity index (χ2n) is 12.3.